The van der Waals surface area contributed by atoms with Gasteiger partial charge in [-0.1, -0.05) is 36.4 Å². The molecule has 1 aliphatic rings. The lowest BCUT2D eigenvalue weighted by Crippen LogP contribution is -2.26. The number of fused-ring (bicyclic) bond motifs is 1. The fourth-order valence-corrected chi connectivity index (χ4v) is 3.40. The first-order chi connectivity index (χ1) is 13.4. The maximum Gasteiger partial charge on any atom is 0.338 e. The van der Waals surface area contributed by atoms with Gasteiger partial charge in [0, 0.05) is 10.9 Å². The Morgan fingerprint density at radius 2 is 2.21 bits per heavy atom. The summed E-state index contributed by atoms with van der Waals surface area (Å²) in [5.74, 6) is -1.31. The Bertz CT molecular complexity index is 1100. The highest BCUT2D eigenvalue weighted by Gasteiger charge is 2.37. The van der Waals surface area contributed by atoms with Gasteiger partial charge in [-0.2, -0.15) is 5.26 Å². The monoisotopic (exact) mass is 395 g/mol. The summed E-state index contributed by atoms with van der Waals surface area (Å²) in [5.41, 5.74) is 8.39. The molecule has 1 aliphatic heterocycles. The maximum atomic E-state index is 12.7. The zero-order chi connectivity index (χ0) is 20.4. The predicted molar refractivity (Wildman–Crippen MR) is 106 cm³/mol. The highest BCUT2D eigenvalue weighted by molar-refractivity contribution is 6.30. The van der Waals surface area contributed by atoms with Gasteiger partial charge in [0.25, 0.3) is 0 Å². The number of nitrogens with two attached hydrogens (primary N) is 1. The third-order valence-electron chi connectivity index (χ3n) is 4.42. The molecule has 0 amide bonds. The molecule has 2 heterocycles. The summed E-state index contributed by atoms with van der Waals surface area (Å²) in [6, 6.07) is 9.59. The van der Waals surface area contributed by atoms with Gasteiger partial charge >= 0.3 is 5.97 Å². The smallest absolute Gasteiger partial charge is 0.338 e. The molecule has 1 unspecified atom stereocenters. The van der Waals surface area contributed by atoms with Crippen LogP contribution in [0.25, 0.3) is 10.9 Å². The zero-order valence-electron chi connectivity index (χ0n) is 15.5. The molecular weight excluding hydrogens is 378 g/mol. The van der Waals surface area contributed by atoms with Gasteiger partial charge in [-0.05, 0) is 31.5 Å². The lowest BCUT2D eigenvalue weighted by atomic mass is 9.83. The molecule has 142 valence electrons. The van der Waals surface area contributed by atoms with E-state index >= 15 is 0 Å². The Balaban J connectivity index is 2.23. The molecular formula is C21H18ClN3O3. The van der Waals surface area contributed by atoms with Gasteiger partial charge in [-0.3, -0.25) is 0 Å². The SMILES string of the molecule is C=CCOC(=O)C1=C(C)OC(N)=C(C#N)C1c1cc2ccc(C)cc2nc1Cl. The van der Waals surface area contributed by atoms with Gasteiger partial charge in [0.2, 0.25) is 5.88 Å². The number of ether oxygens (including phenoxy) is 2. The summed E-state index contributed by atoms with van der Waals surface area (Å²) >= 11 is 6.47. The van der Waals surface area contributed by atoms with Crippen LogP contribution in [0.1, 0.15) is 24.0 Å². The molecule has 0 saturated carbocycles. The van der Waals surface area contributed by atoms with Crippen molar-refractivity contribution < 1.29 is 14.3 Å². The summed E-state index contributed by atoms with van der Waals surface area (Å²) in [5, 5.41) is 10.7. The molecule has 1 atom stereocenters. The van der Waals surface area contributed by atoms with Crippen molar-refractivity contribution in [1.82, 2.24) is 4.98 Å². The Kier molecular flexibility index (Phi) is 5.39. The number of rotatable bonds is 4. The highest BCUT2D eigenvalue weighted by atomic mass is 35.5. The van der Waals surface area contributed by atoms with Crippen molar-refractivity contribution in [2.45, 2.75) is 19.8 Å². The van der Waals surface area contributed by atoms with Crippen LogP contribution in [0.3, 0.4) is 0 Å². The van der Waals surface area contributed by atoms with Crippen LogP contribution in [0.2, 0.25) is 5.15 Å². The first-order valence-electron chi connectivity index (χ1n) is 8.50. The quantitative estimate of drug-likeness (QED) is 0.477. The fraction of sp³-hybridized carbons (Fsp3) is 0.190. The molecule has 0 fully saturated rings. The Morgan fingerprint density at radius 1 is 1.46 bits per heavy atom. The highest BCUT2D eigenvalue weighted by Crippen LogP contribution is 2.42. The molecule has 1 aromatic carbocycles. The number of carbonyl (C=O) groups excluding carboxylic acids is 1. The molecule has 0 spiro atoms. The number of pyridine rings is 1. The number of hydrogen-bond donors (Lipinski definition) is 1. The number of allylic oxidation sites excluding steroid dienone is 2. The van der Waals surface area contributed by atoms with Crippen molar-refractivity contribution >= 4 is 28.5 Å². The van der Waals surface area contributed by atoms with Crippen molar-refractivity contribution in [1.29, 1.82) is 5.26 Å². The second kappa shape index (κ2) is 7.75. The Hall–Kier alpha value is -3.30. The van der Waals surface area contributed by atoms with E-state index in [1.165, 1.54) is 6.08 Å². The van der Waals surface area contributed by atoms with Gasteiger partial charge in [0.1, 0.15) is 29.2 Å². The van der Waals surface area contributed by atoms with E-state index in [4.69, 9.17) is 26.8 Å². The van der Waals surface area contributed by atoms with Crippen LogP contribution in [-0.2, 0) is 14.3 Å². The van der Waals surface area contributed by atoms with E-state index in [0.717, 1.165) is 10.9 Å². The third kappa shape index (κ3) is 3.45. The largest absolute Gasteiger partial charge is 0.458 e. The van der Waals surface area contributed by atoms with E-state index in [0.29, 0.717) is 11.1 Å². The van der Waals surface area contributed by atoms with Gasteiger partial charge in [0.05, 0.1) is 17.0 Å². The normalized spacial score (nSPS) is 16.6. The van der Waals surface area contributed by atoms with E-state index in [9.17, 15) is 10.1 Å². The first-order valence-corrected chi connectivity index (χ1v) is 8.88. The summed E-state index contributed by atoms with van der Waals surface area (Å²) in [6.07, 6.45) is 1.45. The molecule has 3 rings (SSSR count). The molecule has 2 N–H and O–H groups in total. The van der Waals surface area contributed by atoms with Crippen molar-refractivity contribution in [3.05, 3.63) is 76.0 Å². The molecule has 0 bridgehead atoms. The molecule has 6 nitrogen and oxygen atoms in total. The lowest BCUT2D eigenvalue weighted by Gasteiger charge is -2.27. The Labute approximate surface area is 167 Å². The van der Waals surface area contributed by atoms with Crippen molar-refractivity contribution in [3.63, 3.8) is 0 Å². The van der Waals surface area contributed by atoms with E-state index in [2.05, 4.69) is 11.6 Å². The number of nitrogens with zero attached hydrogens (tertiary/aromatic N) is 2. The first kappa shape index (κ1) is 19.5. The third-order valence-corrected chi connectivity index (χ3v) is 4.73. The minimum atomic E-state index is -0.846. The van der Waals surface area contributed by atoms with Crippen LogP contribution in [0.15, 0.2) is 59.7 Å². The van der Waals surface area contributed by atoms with Gasteiger partial charge in [-0.15, -0.1) is 0 Å². The van der Waals surface area contributed by atoms with E-state index < -0.39 is 11.9 Å². The molecule has 0 saturated heterocycles. The van der Waals surface area contributed by atoms with E-state index in [1.54, 1.807) is 13.0 Å². The molecule has 2 aromatic rings. The zero-order valence-corrected chi connectivity index (χ0v) is 16.2. The molecule has 1 aromatic heterocycles. The number of hydrogen-bond acceptors (Lipinski definition) is 6. The van der Waals surface area contributed by atoms with E-state index in [-0.39, 0.29) is 34.5 Å². The van der Waals surface area contributed by atoms with Crippen molar-refractivity contribution in [2.24, 2.45) is 5.73 Å². The summed E-state index contributed by atoms with van der Waals surface area (Å²) in [7, 11) is 0. The van der Waals surface area contributed by atoms with E-state index in [1.807, 2.05) is 31.2 Å². The number of halogens is 1. The number of esters is 1. The van der Waals surface area contributed by atoms with Crippen LogP contribution >= 0.6 is 11.6 Å². The molecule has 7 heteroatoms. The number of nitriles is 1. The summed E-state index contributed by atoms with van der Waals surface area (Å²) in [6.45, 7) is 7.10. The summed E-state index contributed by atoms with van der Waals surface area (Å²) < 4.78 is 10.6. The number of carbonyl (C=O) groups is 1. The van der Waals surface area contributed by atoms with Crippen molar-refractivity contribution in [2.75, 3.05) is 6.61 Å². The average Bonchev–Trinajstić information content (AvgIpc) is 2.65. The Morgan fingerprint density at radius 3 is 2.89 bits per heavy atom. The van der Waals surface area contributed by atoms with Crippen LogP contribution in [-0.4, -0.2) is 17.6 Å². The van der Waals surface area contributed by atoms with Crippen molar-refractivity contribution in [3.8, 4) is 6.07 Å². The second-order valence-electron chi connectivity index (χ2n) is 6.35. The minimum absolute atomic E-state index is 0.0202. The van der Waals surface area contributed by atoms with Crippen LogP contribution in [0, 0.1) is 18.3 Å². The number of aryl methyl sites for hydroxylation is 1. The van der Waals surface area contributed by atoms with Gasteiger partial charge < -0.3 is 15.2 Å². The summed E-state index contributed by atoms with van der Waals surface area (Å²) in [4.78, 5) is 17.1. The van der Waals surface area contributed by atoms with Gasteiger partial charge in [-0.25, -0.2) is 9.78 Å². The topological polar surface area (TPSA) is 98.2 Å². The lowest BCUT2D eigenvalue weighted by molar-refractivity contribution is -0.138. The number of aromatic nitrogens is 1. The average molecular weight is 396 g/mol. The molecule has 0 radical (unpaired) electrons. The van der Waals surface area contributed by atoms with Crippen LogP contribution in [0.4, 0.5) is 0 Å². The second-order valence-corrected chi connectivity index (χ2v) is 6.70. The number of benzene rings is 1. The van der Waals surface area contributed by atoms with Crippen LogP contribution in [0.5, 0.6) is 0 Å². The standard InChI is InChI=1S/C21H18ClN3O3/c1-4-7-27-21(26)17-12(3)28-20(24)15(10-23)18(17)14-9-13-6-5-11(2)8-16(13)25-19(14)22/h4-6,8-9,18H,1,7,24H2,2-3H3. The van der Waals surface area contributed by atoms with Gasteiger partial charge in [0.15, 0.2) is 0 Å². The predicted octanol–water partition coefficient (Wildman–Crippen LogP) is 4.01. The fourth-order valence-electron chi connectivity index (χ4n) is 3.14. The maximum absolute atomic E-state index is 12.7. The molecule has 0 aliphatic carbocycles. The molecule has 28 heavy (non-hydrogen) atoms. The minimum Gasteiger partial charge on any atom is -0.458 e. The van der Waals surface area contributed by atoms with Crippen LogP contribution < -0.4 is 5.73 Å².